The van der Waals surface area contributed by atoms with Crippen molar-refractivity contribution in [2.75, 3.05) is 7.11 Å². The van der Waals surface area contributed by atoms with Gasteiger partial charge in [0.05, 0.1) is 30.2 Å². The van der Waals surface area contributed by atoms with Gasteiger partial charge in [0.2, 0.25) is 0 Å². The molecule has 4 aromatic rings. The standard InChI is InChI=1S/C25H26ClF3N6O/c1-14(2)34-13-21(25(27,28)29)33-24(34)17-8-6-16(7-9-17)10-19-20(36-5)12-30-23(32-19)22-18(26)11-31-35(22)15(3)4/h6-9,11-15H,10H2,1-5H3. The number of hydrogen-bond acceptors (Lipinski definition) is 5. The molecule has 3 heterocycles. The molecule has 7 nitrogen and oxygen atoms in total. The molecule has 36 heavy (non-hydrogen) atoms. The van der Waals surface area contributed by atoms with Crippen LogP contribution in [0, 0.1) is 0 Å². The molecule has 0 bridgehead atoms. The molecule has 0 aliphatic rings. The minimum Gasteiger partial charge on any atom is -0.493 e. The normalized spacial score (nSPS) is 12.1. The number of rotatable bonds is 7. The number of alkyl halides is 3. The van der Waals surface area contributed by atoms with Gasteiger partial charge in [-0.3, -0.25) is 4.68 Å². The highest BCUT2D eigenvalue weighted by Crippen LogP contribution is 2.33. The number of methoxy groups -OCH3 is 1. The highest BCUT2D eigenvalue weighted by Gasteiger charge is 2.35. The van der Waals surface area contributed by atoms with Crippen molar-refractivity contribution < 1.29 is 17.9 Å². The number of ether oxygens (including phenoxy) is 1. The predicted octanol–water partition coefficient (Wildman–Crippen LogP) is 6.64. The molecule has 4 rings (SSSR count). The third kappa shape index (κ3) is 5.09. The zero-order chi connectivity index (χ0) is 26.2. The van der Waals surface area contributed by atoms with Crippen LogP contribution < -0.4 is 4.74 Å². The molecule has 0 N–H and O–H groups in total. The van der Waals surface area contributed by atoms with Gasteiger partial charge >= 0.3 is 6.18 Å². The summed E-state index contributed by atoms with van der Waals surface area (Å²) in [5, 5.41) is 4.77. The summed E-state index contributed by atoms with van der Waals surface area (Å²) in [5.41, 5.74) is 1.83. The molecule has 0 fully saturated rings. The minimum atomic E-state index is -4.51. The first-order valence-corrected chi connectivity index (χ1v) is 11.8. The summed E-state index contributed by atoms with van der Waals surface area (Å²) in [6.45, 7) is 7.61. The van der Waals surface area contributed by atoms with Crippen LogP contribution in [0.25, 0.3) is 22.9 Å². The molecule has 0 aliphatic carbocycles. The molecule has 190 valence electrons. The van der Waals surface area contributed by atoms with Gasteiger partial charge in [0, 0.05) is 30.3 Å². The van der Waals surface area contributed by atoms with Crippen LogP contribution in [0.4, 0.5) is 13.2 Å². The number of halogens is 4. The van der Waals surface area contributed by atoms with Crippen LogP contribution in [0.1, 0.15) is 56.7 Å². The molecule has 0 aliphatic heterocycles. The monoisotopic (exact) mass is 518 g/mol. The van der Waals surface area contributed by atoms with Gasteiger partial charge in [-0.15, -0.1) is 0 Å². The SMILES string of the molecule is COc1cnc(-c2c(Cl)cnn2C(C)C)nc1Cc1ccc(-c2nc(C(F)(F)F)cn2C(C)C)cc1. The fourth-order valence-corrected chi connectivity index (χ4v) is 4.08. The van der Waals surface area contributed by atoms with E-state index in [0.29, 0.717) is 40.0 Å². The van der Waals surface area contributed by atoms with Crippen molar-refractivity contribution in [2.24, 2.45) is 0 Å². The van der Waals surface area contributed by atoms with Crippen molar-refractivity contribution in [3.8, 4) is 28.7 Å². The molecule has 0 saturated carbocycles. The van der Waals surface area contributed by atoms with E-state index in [9.17, 15) is 13.2 Å². The van der Waals surface area contributed by atoms with Gasteiger partial charge in [-0.05, 0) is 33.3 Å². The molecule has 0 radical (unpaired) electrons. The van der Waals surface area contributed by atoms with E-state index in [1.54, 1.807) is 36.3 Å². The zero-order valence-electron chi connectivity index (χ0n) is 20.5. The van der Waals surface area contributed by atoms with Crippen molar-refractivity contribution in [3.63, 3.8) is 0 Å². The Morgan fingerprint density at radius 3 is 2.28 bits per heavy atom. The second kappa shape index (κ2) is 9.93. The van der Waals surface area contributed by atoms with Crippen LogP contribution in [-0.2, 0) is 12.6 Å². The van der Waals surface area contributed by atoms with E-state index in [-0.39, 0.29) is 17.9 Å². The number of hydrogen-bond donors (Lipinski definition) is 0. The molecular weight excluding hydrogens is 493 g/mol. The van der Waals surface area contributed by atoms with Crippen molar-refractivity contribution in [1.82, 2.24) is 29.3 Å². The molecule has 1 aromatic carbocycles. The molecule has 0 unspecified atom stereocenters. The van der Waals surface area contributed by atoms with E-state index in [2.05, 4.69) is 15.1 Å². The maximum atomic E-state index is 13.3. The number of benzene rings is 1. The molecule has 0 atom stereocenters. The Kier molecular flexibility index (Phi) is 7.08. The van der Waals surface area contributed by atoms with Gasteiger partial charge in [-0.25, -0.2) is 15.0 Å². The van der Waals surface area contributed by atoms with Gasteiger partial charge in [0.1, 0.15) is 11.5 Å². The van der Waals surface area contributed by atoms with Crippen molar-refractivity contribution in [3.05, 3.63) is 64.8 Å². The largest absolute Gasteiger partial charge is 0.493 e. The summed E-state index contributed by atoms with van der Waals surface area (Å²) in [6.07, 6.45) is 0.114. The topological polar surface area (TPSA) is 70.7 Å². The van der Waals surface area contributed by atoms with E-state index in [1.165, 1.54) is 4.57 Å². The van der Waals surface area contributed by atoms with Crippen LogP contribution in [0.5, 0.6) is 5.75 Å². The molecule has 0 amide bonds. The number of nitrogens with zero attached hydrogens (tertiary/aromatic N) is 6. The fraction of sp³-hybridized carbons (Fsp3) is 0.360. The Labute approximate surface area is 211 Å². The lowest BCUT2D eigenvalue weighted by Gasteiger charge is -2.13. The Balaban J connectivity index is 1.66. The van der Waals surface area contributed by atoms with Crippen LogP contribution in [0.15, 0.2) is 42.9 Å². The van der Waals surface area contributed by atoms with Gasteiger partial charge in [-0.1, -0.05) is 35.9 Å². The van der Waals surface area contributed by atoms with Gasteiger partial charge in [0.25, 0.3) is 0 Å². The number of imidazole rings is 1. The summed E-state index contributed by atoms with van der Waals surface area (Å²) in [5.74, 6) is 1.21. The lowest BCUT2D eigenvalue weighted by atomic mass is 10.1. The molecular formula is C25H26ClF3N6O. The lowest BCUT2D eigenvalue weighted by Crippen LogP contribution is -2.08. The van der Waals surface area contributed by atoms with Crippen LogP contribution >= 0.6 is 11.6 Å². The minimum absolute atomic E-state index is 0.0606. The molecule has 11 heteroatoms. The second-order valence-corrected chi connectivity index (χ2v) is 9.32. The summed E-state index contributed by atoms with van der Waals surface area (Å²) >= 11 is 6.38. The summed E-state index contributed by atoms with van der Waals surface area (Å²) in [7, 11) is 1.54. The first kappa shape index (κ1) is 25.7. The molecule has 0 spiro atoms. The quantitative estimate of drug-likeness (QED) is 0.274. The number of aromatic nitrogens is 6. The van der Waals surface area contributed by atoms with Gasteiger partial charge in [0.15, 0.2) is 17.3 Å². The van der Waals surface area contributed by atoms with Crippen LogP contribution in [-0.4, -0.2) is 36.4 Å². The molecule has 0 saturated heterocycles. The van der Waals surface area contributed by atoms with E-state index in [0.717, 1.165) is 11.8 Å². The Bertz CT molecular complexity index is 1360. The summed E-state index contributed by atoms with van der Waals surface area (Å²) in [4.78, 5) is 13.0. The van der Waals surface area contributed by atoms with Crippen molar-refractivity contribution in [2.45, 2.75) is 52.4 Å². The van der Waals surface area contributed by atoms with E-state index in [1.807, 2.05) is 39.8 Å². The molecule has 3 aromatic heterocycles. The van der Waals surface area contributed by atoms with E-state index in [4.69, 9.17) is 21.3 Å². The first-order valence-electron chi connectivity index (χ1n) is 11.4. The Hall–Kier alpha value is -3.40. The first-order chi connectivity index (χ1) is 17.0. The lowest BCUT2D eigenvalue weighted by molar-refractivity contribution is -0.140. The maximum Gasteiger partial charge on any atom is 0.434 e. The Morgan fingerprint density at radius 1 is 1.00 bits per heavy atom. The maximum absolute atomic E-state index is 13.3. The van der Waals surface area contributed by atoms with Gasteiger partial charge in [-0.2, -0.15) is 18.3 Å². The average molecular weight is 519 g/mol. The summed E-state index contributed by atoms with van der Waals surface area (Å²) in [6, 6.07) is 7.08. The zero-order valence-corrected chi connectivity index (χ0v) is 21.3. The Morgan fingerprint density at radius 2 is 1.69 bits per heavy atom. The highest BCUT2D eigenvalue weighted by molar-refractivity contribution is 6.32. The third-order valence-electron chi connectivity index (χ3n) is 5.66. The fourth-order valence-electron chi connectivity index (χ4n) is 3.86. The summed E-state index contributed by atoms with van der Waals surface area (Å²) < 4.78 is 48.5. The van der Waals surface area contributed by atoms with Crippen LogP contribution in [0.3, 0.4) is 0 Å². The predicted molar refractivity (Wildman–Crippen MR) is 131 cm³/mol. The second-order valence-electron chi connectivity index (χ2n) is 8.91. The van der Waals surface area contributed by atoms with Crippen molar-refractivity contribution in [1.29, 1.82) is 0 Å². The van der Waals surface area contributed by atoms with E-state index < -0.39 is 11.9 Å². The van der Waals surface area contributed by atoms with Gasteiger partial charge < -0.3 is 9.30 Å². The smallest absolute Gasteiger partial charge is 0.434 e. The third-order valence-corrected chi connectivity index (χ3v) is 5.94. The highest BCUT2D eigenvalue weighted by atomic mass is 35.5. The van der Waals surface area contributed by atoms with Crippen LogP contribution in [0.2, 0.25) is 5.02 Å². The van der Waals surface area contributed by atoms with Crippen molar-refractivity contribution >= 4 is 11.6 Å². The van der Waals surface area contributed by atoms with E-state index >= 15 is 0 Å². The average Bonchev–Trinajstić information content (AvgIpc) is 3.44.